The van der Waals surface area contributed by atoms with E-state index in [2.05, 4.69) is 5.32 Å². The number of nitrogens with one attached hydrogen (secondary N) is 1. The number of hydrogen-bond donors (Lipinski definition) is 1. The number of esters is 1. The van der Waals surface area contributed by atoms with Crippen LogP contribution >= 0.6 is 11.6 Å². The molecule has 0 saturated carbocycles. The molecule has 0 bridgehead atoms. The van der Waals surface area contributed by atoms with E-state index in [1.807, 2.05) is 0 Å². The van der Waals surface area contributed by atoms with Crippen molar-refractivity contribution in [3.05, 3.63) is 70.8 Å². The van der Waals surface area contributed by atoms with Crippen LogP contribution in [-0.4, -0.2) is 18.5 Å². The van der Waals surface area contributed by atoms with Gasteiger partial charge in [0.25, 0.3) is 5.91 Å². The molecular weight excluding hydrogens is 371 g/mol. The Hall–Kier alpha value is -2.80. The van der Waals surface area contributed by atoms with Gasteiger partial charge in [-0.1, -0.05) is 23.7 Å². The molecule has 0 aliphatic carbocycles. The second kappa shape index (κ2) is 8.53. The molecule has 26 heavy (non-hydrogen) atoms. The Labute approximate surface area is 152 Å². The number of anilines is 1. The van der Waals surface area contributed by atoms with Crippen molar-refractivity contribution in [3.8, 4) is 0 Å². The van der Waals surface area contributed by atoms with Crippen LogP contribution < -0.4 is 5.32 Å². The summed E-state index contributed by atoms with van der Waals surface area (Å²) in [6.45, 7) is -0.501. The summed E-state index contributed by atoms with van der Waals surface area (Å²) in [5.41, 5.74) is 0.104. The Bertz CT molecular complexity index is 800. The fourth-order valence-corrected chi connectivity index (χ4v) is 1.99. The first-order valence-corrected chi connectivity index (χ1v) is 7.69. The van der Waals surface area contributed by atoms with Gasteiger partial charge in [-0.25, -0.2) is 4.79 Å². The summed E-state index contributed by atoms with van der Waals surface area (Å²) in [6, 6.07) is 10.6. The van der Waals surface area contributed by atoms with E-state index >= 15 is 0 Å². The molecule has 0 heterocycles. The fourth-order valence-electron chi connectivity index (χ4n) is 1.86. The fraction of sp³-hybridized carbons (Fsp3) is 0.111. The van der Waals surface area contributed by atoms with Crippen LogP contribution in [0, 0.1) is 0 Å². The van der Waals surface area contributed by atoms with Gasteiger partial charge < -0.3 is 10.1 Å². The predicted molar refractivity (Wildman–Crippen MR) is 91.5 cm³/mol. The van der Waals surface area contributed by atoms with E-state index in [1.165, 1.54) is 18.2 Å². The first-order chi connectivity index (χ1) is 12.2. The van der Waals surface area contributed by atoms with Crippen molar-refractivity contribution in [1.29, 1.82) is 0 Å². The maximum atomic E-state index is 12.4. The average Bonchev–Trinajstić information content (AvgIpc) is 2.60. The number of amides is 1. The molecule has 2 rings (SSSR count). The molecule has 1 amide bonds. The third kappa shape index (κ3) is 6.25. The van der Waals surface area contributed by atoms with Gasteiger partial charge in [0, 0.05) is 16.8 Å². The van der Waals surface area contributed by atoms with E-state index < -0.39 is 30.2 Å². The summed E-state index contributed by atoms with van der Waals surface area (Å²) in [6.07, 6.45) is -2.10. The number of alkyl halides is 3. The van der Waals surface area contributed by atoms with Crippen molar-refractivity contribution < 1.29 is 27.5 Å². The minimum absolute atomic E-state index is 0.389. The highest BCUT2D eigenvalue weighted by Crippen LogP contribution is 2.29. The van der Waals surface area contributed by atoms with E-state index in [0.717, 1.165) is 18.2 Å². The number of hydrogen-bond acceptors (Lipinski definition) is 3. The number of benzene rings is 2. The summed E-state index contributed by atoms with van der Waals surface area (Å²) < 4.78 is 42.1. The Balaban J connectivity index is 1.81. The van der Waals surface area contributed by atoms with Gasteiger partial charge in [-0.05, 0) is 48.0 Å². The summed E-state index contributed by atoms with van der Waals surface area (Å²) in [4.78, 5) is 23.2. The smallest absolute Gasteiger partial charge is 0.416 e. The standard InChI is InChI=1S/C18H13ClF3NO3/c19-14-6-8-15(9-7-14)23-16(24)11-26-17(25)10-3-12-1-4-13(5-2-12)18(20,21)22/h1-10H,11H2,(H,23,24)/b10-3+. The lowest BCUT2D eigenvalue weighted by Crippen LogP contribution is -2.20. The normalized spacial score (nSPS) is 11.4. The number of rotatable bonds is 5. The zero-order valence-electron chi connectivity index (χ0n) is 13.2. The van der Waals surface area contributed by atoms with Crippen LogP contribution in [0.15, 0.2) is 54.6 Å². The van der Waals surface area contributed by atoms with Crippen molar-refractivity contribution in [2.45, 2.75) is 6.18 Å². The molecule has 0 fully saturated rings. The molecule has 136 valence electrons. The highest BCUT2D eigenvalue weighted by molar-refractivity contribution is 6.30. The number of ether oxygens (including phenoxy) is 1. The van der Waals surface area contributed by atoms with Crippen LogP contribution in [0.1, 0.15) is 11.1 Å². The lowest BCUT2D eigenvalue weighted by Gasteiger charge is -2.06. The van der Waals surface area contributed by atoms with Crippen molar-refractivity contribution in [1.82, 2.24) is 0 Å². The van der Waals surface area contributed by atoms with Gasteiger partial charge in [0.05, 0.1) is 5.56 Å². The van der Waals surface area contributed by atoms with E-state index in [1.54, 1.807) is 24.3 Å². The van der Waals surface area contributed by atoms with E-state index in [-0.39, 0.29) is 0 Å². The maximum Gasteiger partial charge on any atom is 0.416 e. The van der Waals surface area contributed by atoms with E-state index in [9.17, 15) is 22.8 Å². The molecule has 2 aromatic rings. The average molecular weight is 384 g/mol. The van der Waals surface area contributed by atoms with Crippen LogP contribution in [0.2, 0.25) is 5.02 Å². The van der Waals surface area contributed by atoms with Gasteiger partial charge >= 0.3 is 12.1 Å². The summed E-state index contributed by atoms with van der Waals surface area (Å²) in [5, 5.41) is 3.03. The van der Waals surface area contributed by atoms with Crippen molar-refractivity contribution in [2.75, 3.05) is 11.9 Å². The first-order valence-electron chi connectivity index (χ1n) is 7.31. The SMILES string of the molecule is O=C(COC(=O)/C=C/c1ccc(C(F)(F)F)cc1)Nc1ccc(Cl)cc1. The molecule has 0 aliphatic rings. The van der Waals surface area contributed by atoms with Gasteiger partial charge in [0.15, 0.2) is 6.61 Å². The molecule has 8 heteroatoms. The summed E-state index contributed by atoms with van der Waals surface area (Å²) in [5.74, 6) is -1.33. The number of halogens is 4. The molecule has 4 nitrogen and oxygen atoms in total. The molecular formula is C18H13ClF3NO3. The Morgan fingerprint density at radius 1 is 1.04 bits per heavy atom. The lowest BCUT2D eigenvalue weighted by molar-refractivity contribution is -0.142. The molecule has 0 atom stereocenters. The van der Waals surface area contributed by atoms with Crippen molar-refractivity contribution >= 4 is 35.2 Å². The lowest BCUT2D eigenvalue weighted by atomic mass is 10.1. The third-order valence-electron chi connectivity index (χ3n) is 3.12. The minimum atomic E-state index is -4.42. The van der Waals surface area contributed by atoms with E-state index in [4.69, 9.17) is 16.3 Å². The van der Waals surface area contributed by atoms with Gasteiger partial charge in [0.1, 0.15) is 0 Å². The molecule has 0 aromatic heterocycles. The van der Waals surface area contributed by atoms with Gasteiger partial charge in [-0.2, -0.15) is 13.2 Å². The number of carbonyl (C=O) groups excluding carboxylic acids is 2. The van der Waals surface area contributed by atoms with Crippen LogP contribution in [0.25, 0.3) is 6.08 Å². The monoisotopic (exact) mass is 383 g/mol. The van der Waals surface area contributed by atoms with Gasteiger partial charge in [-0.3, -0.25) is 4.79 Å². The predicted octanol–water partition coefficient (Wildman–Crippen LogP) is 4.55. The minimum Gasteiger partial charge on any atom is -0.452 e. The zero-order valence-corrected chi connectivity index (χ0v) is 14.0. The third-order valence-corrected chi connectivity index (χ3v) is 3.38. The largest absolute Gasteiger partial charge is 0.452 e. The van der Waals surface area contributed by atoms with Gasteiger partial charge in [0.2, 0.25) is 0 Å². The van der Waals surface area contributed by atoms with E-state index in [0.29, 0.717) is 16.3 Å². The number of carbonyl (C=O) groups is 2. The Morgan fingerprint density at radius 3 is 2.23 bits per heavy atom. The maximum absolute atomic E-state index is 12.4. The second-order valence-electron chi connectivity index (χ2n) is 5.12. The first kappa shape index (κ1) is 19.5. The second-order valence-corrected chi connectivity index (χ2v) is 5.55. The molecule has 0 radical (unpaired) electrons. The van der Waals surface area contributed by atoms with Crippen LogP contribution in [-0.2, 0) is 20.5 Å². The summed E-state index contributed by atoms with van der Waals surface area (Å²) in [7, 11) is 0. The molecule has 1 N–H and O–H groups in total. The van der Waals surface area contributed by atoms with Crippen molar-refractivity contribution in [3.63, 3.8) is 0 Å². The van der Waals surface area contributed by atoms with Crippen LogP contribution in [0.4, 0.5) is 18.9 Å². The molecule has 2 aromatic carbocycles. The topological polar surface area (TPSA) is 55.4 Å². The van der Waals surface area contributed by atoms with Gasteiger partial charge in [-0.15, -0.1) is 0 Å². The highest BCUT2D eigenvalue weighted by Gasteiger charge is 2.29. The molecule has 0 saturated heterocycles. The molecule has 0 spiro atoms. The van der Waals surface area contributed by atoms with Crippen LogP contribution in [0.3, 0.4) is 0 Å². The molecule has 0 unspecified atom stereocenters. The molecule has 0 aliphatic heterocycles. The van der Waals surface area contributed by atoms with Crippen molar-refractivity contribution in [2.24, 2.45) is 0 Å². The summed E-state index contributed by atoms with van der Waals surface area (Å²) >= 11 is 5.72. The quantitative estimate of drug-likeness (QED) is 0.608. The zero-order chi connectivity index (χ0) is 19.2. The highest BCUT2D eigenvalue weighted by atomic mass is 35.5. The van der Waals surface area contributed by atoms with Crippen LogP contribution in [0.5, 0.6) is 0 Å². The Morgan fingerprint density at radius 2 is 1.65 bits per heavy atom. The Kier molecular flexibility index (Phi) is 6.41.